The lowest BCUT2D eigenvalue weighted by Gasteiger charge is -2.33. The zero-order valence-electron chi connectivity index (χ0n) is 25.2. The molecule has 0 aliphatic heterocycles. The van der Waals surface area contributed by atoms with Gasteiger partial charge in [0.15, 0.2) is 18.4 Å². The predicted octanol–water partition coefficient (Wildman–Crippen LogP) is 5.02. The molecule has 4 aromatic rings. The summed E-state index contributed by atoms with van der Waals surface area (Å²) in [7, 11) is 1.49. The Morgan fingerprint density at radius 2 is 1.84 bits per heavy atom. The van der Waals surface area contributed by atoms with E-state index in [0.29, 0.717) is 28.1 Å². The quantitative estimate of drug-likeness (QED) is 0.195. The first-order valence-corrected chi connectivity index (χ1v) is 13.8. The van der Waals surface area contributed by atoms with Crippen LogP contribution in [0.4, 0.5) is 10.6 Å². The molecule has 3 aromatic heterocycles. The summed E-state index contributed by atoms with van der Waals surface area (Å²) in [4.78, 5) is 47.6. The van der Waals surface area contributed by atoms with Crippen molar-refractivity contribution in [2.75, 3.05) is 32.3 Å². The smallest absolute Gasteiger partial charge is 0.407 e. The minimum Gasteiger partial charge on any atom is -0.467 e. The van der Waals surface area contributed by atoms with Crippen molar-refractivity contribution >= 4 is 23.7 Å². The molecule has 0 saturated carbocycles. The van der Waals surface area contributed by atoms with Gasteiger partial charge in [0.1, 0.15) is 23.1 Å². The van der Waals surface area contributed by atoms with E-state index < -0.39 is 23.4 Å². The molecule has 0 bridgehead atoms. The number of ether oxygens (including phenoxy) is 2. The second-order valence-corrected chi connectivity index (χ2v) is 10.7. The largest absolute Gasteiger partial charge is 0.467 e. The fraction of sp³-hybridized carbons (Fsp3) is 0.250. The number of rotatable bonds is 11. The van der Waals surface area contributed by atoms with E-state index in [1.165, 1.54) is 36.6 Å². The highest BCUT2D eigenvalue weighted by atomic mass is 16.7. The molecule has 0 atom stereocenters. The summed E-state index contributed by atoms with van der Waals surface area (Å²) < 4.78 is 16.0. The number of carbonyl (C=O) groups excluding carboxylic acids is 2. The molecule has 3 heterocycles. The summed E-state index contributed by atoms with van der Waals surface area (Å²) in [5, 5.41) is 25.1. The van der Waals surface area contributed by atoms with Crippen molar-refractivity contribution in [2.24, 2.45) is 0 Å². The van der Waals surface area contributed by atoms with Crippen LogP contribution in [0.3, 0.4) is 0 Å². The fourth-order valence-electron chi connectivity index (χ4n) is 4.43. The number of hydrogen-bond acceptors (Lipinski definition) is 9. The lowest BCUT2D eigenvalue weighted by atomic mass is 9.98. The second-order valence-electron chi connectivity index (χ2n) is 10.7. The number of aromatic nitrogens is 2. The normalized spacial score (nSPS) is 10.9. The first-order valence-electron chi connectivity index (χ1n) is 13.8. The number of nitrogens with one attached hydrogen (secondary N) is 2. The van der Waals surface area contributed by atoms with Crippen LogP contribution < -0.4 is 15.4 Å². The molecule has 3 N–H and O–H groups in total. The van der Waals surface area contributed by atoms with E-state index in [4.69, 9.17) is 13.9 Å². The number of pyridine rings is 2. The number of carboxylic acid groups (broad SMARTS) is 1. The molecule has 0 radical (unpaired) electrons. The number of anilines is 1. The second kappa shape index (κ2) is 14.2. The SMILES string of the molecule is COCOc1ccccc1-c1cc(-c2ccnc(C(=O)NCCN(C(=O)O)C(C)(C)C)c2)c(C#N)c(NC(=O)c2ccco2)n1. The van der Waals surface area contributed by atoms with Gasteiger partial charge >= 0.3 is 6.09 Å². The van der Waals surface area contributed by atoms with Crippen molar-refractivity contribution < 1.29 is 33.4 Å². The highest BCUT2D eigenvalue weighted by Crippen LogP contribution is 2.36. The number of hydrogen-bond donors (Lipinski definition) is 3. The Labute approximate surface area is 259 Å². The van der Waals surface area contributed by atoms with Gasteiger partial charge in [-0.25, -0.2) is 9.78 Å². The first-order chi connectivity index (χ1) is 21.5. The van der Waals surface area contributed by atoms with E-state index in [-0.39, 0.29) is 42.7 Å². The van der Waals surface area contributed by atoms with Gasteiger partial charge in [-0.3, -0.25) is 14.6 Å². The number of carbonyl (C=O) groups is 3. The van der Waals surface area contributed by atoms with Gasteiger partial charge in [0, 0.05) is 43.1 Å². The molecule has 0 fully saturated rings. The molecule has 0 saturated heterocycles. The van der Waals surface area contributed by atoms with E-state index in [9.17, 15) is 24.8 Å². The Bertz CT molecular complexity index is 1720. The van der Waals surface area contributed by atoms with Crippen LogP contribution in [0, 0.1) is 11.3 Å². The van der Waals surface area contributed by atoms with Crippen molar-refractivity contribution in [2.45, 2.75) is 26.3 Å². The maximum Gasteiger partial charge on any atom is 0.407 e. The predicted molar refractivity (Wildman–Crippen MR) is 164 cm³/mol. The maximum absolute atomic E-state index is 13.0. The van der Waals surface area contributed by atoms with E-state index in [1.54, 1.807) is 63.2 Å². The van der Waals surface area contributed by atoms with Crippen molar-refractivity contribution in [3.05, 3.63) is 84.1 Å². The molecule has 3 amide bonds. The Kier molecular flexibility index (Phi) is 10.1. The van der Waals surface area contributed by atoms with Gasteiger partial charge in [0.25, 0.3) is 11.8 Å². The lowest BCUT2D eigenvalue weighted by molar-refractivity contribution is 0.0515. The van der Waals surface area contributed by atoms with Gasteiger partial charge < -0.3 is 34.5 Å². The van der Waals surface area contributed by atoms with Gasteiger partial charge in [-0.05, 0) is 68.8 Å². The highest BCUT2D eigenvalue weighted by Gasteiger charge is 2.26. The van der Waals surface area contributed by atoms with Crippen LogP contribution in [0.2, 0.25) is 0 Å². The number of methoxy groups -OCH3 is 1. The van der Waals surface area contributed by atoms with Crippen LogP contribution in [0.25, 0.3) is 22.4 Å². The topological polar surface area (TPSA) is 180 Å². The number of para-hydroxylation sites is 1. The lowest BCUT2D eigenvalue weighted by Crippen LogP contribution is -2.48. The summed E-state index contributed by atoms with van der Waals surface area (Å²) >= 11 is 0. The molecule has 13 nitrogen and oxygen atoms in total. The molecule has 0 aliphatic carbocycles. The average Bonchev–Trinajstić information content (AvgIpc) is 3.56. The Morgan fingerprint density at radius 1 is 1.07 bits per heavy atom. The van der Waals surface area contributed by atoms with Crippen molar-refractivity contribution in [3.8, 4) is 34.2 Å². The van der Waals surface area contributed by atoms with Gasteiger partial charge in [-0.15, -0.1) is 0 Å². The monoisotopic (exact) mass is 612 g/mol. The van der Waals surface area contributed by atoms with Crippen molar-refractivity contribution in [1.82, 2.24) is 20.2 Å². The third-order valence-electron chi connectivity index (χ3n) is 6.57. The molecule has 4 rings (SSSR count). The zero-order chi connectivity index (χ0) is 32.6. The summed E-state index contributed by atoms with van der Waals surface area (Å²) in [5.74, 6) is -0.713. The molecule has 232 valence electrons. The van der Waals surface area contributed by atoms with Crippen molar-refractivity contribution in [1.29, 1.82) is 5.26 Å². The highest BCUT2D eigenvalue weighted by molar-refractivity contribution is 6.03. The first kappa shape index (κ1) is 32.2. The van der Waals surface area contributed by atoms with Gasteiger partial charge in [0.05, 0.1) is 12.0 Å². The average molecular weight is 613 g/mol. The van der Waals surface area contributed by atoms with Crippen molar-refractivity contribution in [3.63, 3.8) is 0 Å². The number of nitrogens with zero attached hydrogens (tertiary/aromatic N) is 4. The fourth-order valence-corrected chi connectivity index (χ4v) is 4.43. The molecule has 0 unspecified atom stereocenters. The van der Waals surface area contributed by atoms with Gasteiger partial charge in [-0.2, -0.15) is 5.26 Å². The van der Waals surface area contributed by atoms with Crippen LogP contribution in [0.15, 0.2) is 71.5 Å². The Balaban J connectivity index is 1.74. The standard InChI is InChI=1S/C32H32N6O7/c1-32(2,3)38(31(41)42)14-13-35-29(39)25-16-20(11-12-34-25)22-17-24(21-8-5-6-9-26(21)45-19-43-4)36-28(23(22)18-33)37-30(40)27-10-7-15-44-27/h5-12,15-17H,13-14,19H2,1-4H3,(H,35,39)(H,41,42)(H,36,37,40). The summed E-state index contributed by atoms with van der Waals surface area (Å²) in [6.45, 7) is 5.38. The van der Waals surface area contributed by atoms with Crippen LogP contribution in [-0.4, -0.2) is 70.4 Å². The summed E-state index contributed by atoms with van der Waals surface area (Å²) in [6, 6.07) is 17.0. The van der Waals surface area contributed by atoms with Crippen LogP contribution in [0.1, 0.15) is 47.4 Å². The third-order valence-corrected chi connectivity index (χ3v) is 6.57. The maximum atomic E-state index is 13.0. The zero-order valence-corrected chi connectivity index (χ0v) is 25.2. The van der Waals surface area contributed by atoms with Gasteiger partial charge in [0.2, 0.25) is 0 Å². The Hall–Kier alpha value is -5.74. The van der Waals surface area contributed by atoms with Crippen LogP contribution in [-0.2, 0) is 4.74 Å². The number of amides is 3. The number of nitriles is 1. The Morgan fingerprint density at radius 3 is 2.51 bits per heavy atom. The molecule has 13 heteroatoms. The molecule has 0 aliphatic rings. The van der Waals surface area contributed by atoms with E-state index in [1.807, 2.05) is 0 Å². The summed E-state index contributed by atoms with van der Waals surface area (Å²) in [6.07, 6.45) is 1.67. The molecule has 45 heavy (non-hydrogen) atoms. The van der Waals surface area contributed by atoms with E-state index in [2.05, 4.69) is 26.7 Å². The summed E-state index contributed by atoms with van der Waals surface area (Å²) in [5.41, 5.74) is 1.15. The van der Waals surface area contributed by atoms with E-state index in [0.717, 1.165) is 0 Å². The third kappa shape index (κ3) is 7.81. The molecular weight excluding hydrogens is 580 g/mol. The van der Waals surface area contributed by atoms with Crippen LogP contribution >= 0.6 is 0 Å². The van der Waals surface area contributed by atoms with E-state index >= 15 is 0 Å². The molecule has 0 spiro atoms. The number of benzene rings is 1. The molecule has 1 aromatic carbocycles. The molecular formula is C32H32N6O7. The van der Waals surface area contributed by atoms with Gasteiger partial charge in [-0.1, -0.05) is 12.1 Å². The van der Waals surface area contributed by atoms with Crippen LogP contribution in [0.5, 0.6) is 5.75 Å². The minimum atomic E-state index is -1.10. The minimum absolute atomic E-state index is 0.0206. The number of furan rings is 1.